The van der Waals surface area contributed by atoms with Gasteiger partial charge in [0.1, 0.15) is 5.21 Å². The fourth-order valence-corrected chi connectivity index (χ4v) is 2.85. The standard InChI is InChI=1S/C9H16ClNO3S/c1-9(2,3)7-4-8(12)11(5-7)15(13,14)6-10/h7H,4-6H2,1-3H3. The van der Waals surface area contributed by atoms with Gasteiger partial charge < -0.3 is 0 Å². The Balaban J connectivity index is 2.88. The molecule has 15 heavy (non-hydrogen) atoms. The number of sulfonamides is 1. The summed E-state index contributed by atoms with van der Waals surface area (Å²) in [6.07, 6.45) is 0.291. The molecule has 1 saturated heterocycles. The van der Waals surface area contributed by atoms with Crippen LogP contribution in [0.5, 0.6) is 0 Å². The van der Waals surface area contributed by atoms with Crippen molar-refractivity contribution in [3.63, 3.8) is 0 Å². The highest BCUT2D eigenvalue weighted by molar-refractivity contribution is 7.90. The van der Waals surface area contributed by atoms with Crippen LogP contribution < -0.4 is 0 Å². The third-order valence-corrected chi connectivity index (χ3v) is 4.91. The number of hydrogen-bond donors (Lipinski definition) is 0. The molecule has 88 valence electrons. The quantitative estimate of drug-likeness (QED) is 0.699. The number of halogens is 1. The van der Waals surface area contributed by atoms with Crippen molar-refractivity contribution in [2.45, 2.75) is 27.2 Å². The van der Waals surface area contributed by atoms with Gasteiger partial charge in [-0.25, -0.2) is 12.7 Å². The largest absolute Gasteiger partial charge is 0.274 e. The summed E-state index contributed by atoms with van der Waals surface area (Å²) in [5.41, 5.74) is -0.0633. The number of rotatable bonds is 2. The van der Waals surface area contributed by atoms with Gasteiger partial charge in [0.15, 0.2) is 0 Å². The predicted octanol–water partition coefficient (Wildman–Crippen LogP) is 1.41. The topological polar surface area (TPSA) is 54.5 Å². The molecule has 1 aliphatic rings. The smallest absolute Gasteiger partial charge is 0.251 e. The van der Waals surface area contributed by atoms with Crippen LogP contribution in [-0.4, -0.2) is 30.4 Å². The van der Waals surface area contributed by atoms with Gasteiger partial charge >= 0.3 is 0 Å². The molecule has 0 bridgehead atoms. The van der Waals surface area contributed by atoms with Crippen LogP contribution in [0.3, 0.4) is 0 Å². The lowest BCUT2D eigenvalue weighted by molar-refractivity contribution is -0.123. The number of hydrogen-bond acceptors (Lipinski definition) is 3. The van der Waals surface area contributed by atoms with Crippen LogP contribution in [0.15, 0.2) is 0 Å². The minimum Gasteiger partial charge on any atom is -0.274 e. The van der Waals surface area contributed by atoms with Gasteiger partial charge in [-0.05, 0) is 11.3 Å². The van der Waals surface area contributed by atoms with Crippen molar-refractivity contribution in [2.75, 3.05) is 11.8 Å². The molecule has 0 aromatic rings. The first-order valence-corrected chi connectivity index (χ1v) is 6.92. The summed E-state index contributed by atoms with van der Waals surface area (Å²) in [6, 6.07) is 0. The summed E-state index contributed by atoms with van der Waals surface area (Å²) in [5, 5.41) is -0.532. The van der Waals surface area contributed by atoms with E-state index in [1.54, 1.807) is 0 Å². The van der Waals surface area contributed by atoms with Gasteiger partial charge in [-0.3, -0.25) is 4.79 Å². The molecule has 1 atom stereocenters. The molecule has 1 amide bonds. The Kier molecular flexibility index (Phi) is 3.36. The van der Waals surface area contributed by atoms with Gasteiger partial charge in [0.25, 0.3) is 10.0 Å². The molecule has 1 heterocycles. The maximum absolute atomic E-state index is 11.5. The number of nitrogens with zero attached hydrogens (tertiary/aromatic N) is 1. The second-order valence-electron chi connectivity index (χ2n) is 4.91. The Morgan fingerprint density at radius 1 is 1.47 bits per heavy atom. The van der Waals surface area contributed by atoms with E-state index in [0.717, 1.165) is 4.31 Å². The average molecular weight is 254 g/mol. The third kappa shape index (κ3) is 2.64. The highest BCUT2D eigenvalue weighted by Crippen LogP contribution is 2.35. The van der Waals surface area contributed by atoms with Crippen LogP contribution in [-0.2, 0) is 14.8 Å². The zero-order valence-corrected chi connectivity index (χ0v) is 10.7. The lowest BCUT2D eigenvalue weighted by Crippen LogP contribution is -2.34. The summed E-state index contributed by atoms with van der Waals surface area (Å²) in [4.78, 5) is 11.5. The second-order valence-corrected chi connectivity index (χ2v) is 7.39. The van der Waals surface area contributed by atoms with Crippen molar-refractivity contribution in [3.8, 4) is 0 Å². The van der Waals surface area contributed by atoms with E-state index in [1.807, 2.05) is 20.8 Å². The van der Waals surface area contributed by atoms with Crippen LogP contribution in [0.25, 0.3) is 0 Å². The first kappa shape index (κ1) is 12.8. The van der Waals surface area contributed by atoms with Crippen LogP contribution in [0.1, 0.15) is 27.2 Å². The number of carbonyl (C=O) groups is 1. The van der Waals surface area contributed by atoms with Crippen molar-refractivity contribution in [1.29, 1.82) is 0 Å². The van der Waals surface area contributed by atoms with Crippen molar-refractivity contribution >= 4 is 27.5 Å². The normalized spacial score (nSPS) is 23.6. The van der Waals surface area contributed by atoms with Crippen LogP contribution >= 0.6 is 11.6 Å². The molecule has 0 spiro atoms. The maximum Gasteiger partial charge on any atom is 0.251 e. The molecule has 0 aromatic carbocycles. The summed E-state index contributed by atoms with van der Waals surface area (Å²) < 4.78 is 23.8. The monoisotopic (exact) mass is 253 g/mol. The van der Waals surface area contributed by atoms with Crippen molar-refractivity contribution < 1.29 is 13.2 Å². The van der Waals surface area contributed by atoms with E-state index in [-0.39, 0.29) is 23.8 Å². The van der Waals surface area contributed by atoms with Crippen molar-refractivity contribution in [2.24, 2.45) is 11.3 Å². The molecule has 1 rings (SSSR count). The van der Waals surface area contributed by atoms with Gasteiger partial charge in [-0.2, -0.15) is 0 Å². The SMILES string of the molecule is CC(C)(C)C1CC(=O)N(S(=O)(=O)CCl)C1. The van der Waals surface area contributed by atoms with Crippen molar-refractivity contribution in [1.82, 2.24) is 4.31 Å². The molecule has 1 unspecified atom stereocenters. The summed E-state index contributed by atoms with van der Waals surface area (Å²) in [7, 11) is -3.59. The minimum absolute atomic E-state index is 0.0633. The van der Waals surface area contributed by atoms with E-state index in [2.05, 4.69) is 0 Å². The molecule has 0 saturated carbocycles. The highest BCUT2D eigenvalue weighted by atomic mass is 35.5. The molecule has 1 fully saturated rings. The lowest BCUT2D eigenvalue weighted by Gasteiger charge is -2.25. The molecule has 0 N–H and O–H groups in total. The summed E-state index contributed by atoms with van der Waals surface area (Å²) in [5.74, 6) is -0.265. The Bertz CT molecular complexity index is 358. The van der Waals surface area contributed by atoms with Gasteiger partial charge in [0.05, 0.1) is 0 Å². The van der Waals surface area contributed by atoms with E-state index in [1.165, 1.54) is 0 Å². The average Bonchev–Trinajstić information content (AvgIpc) is 2.47. The Labute approximate surface area is 95.6 Å². The molecule has 0 radical (unpaired) electrons. The molecule has 0 aliphatic carbocycles. The third-order valence-electron chi connectivity index (χ3n) is 2.78. The van der Waals surface area contributed by atoms with Crippen LogP contribution in [0.4, 0.5) is 0 Å². The number of amides is 1. The van der Waals surface area contributed by atoms with E-state index >= 15 is 0 Å². The molecule has 4 nitrogen and oxygen atoms in total. The molecule has 0 aromatic heterocycles. The van der Waals surface area contributed by atoms with Gasteiger partial charge in [0.2, 0.25) is 5.91 Å². The van der Waals surface area contributed by atoms with Gasteiger partial charge in [-0.1, -0.05) is 20.8 Å². The first-order valence-electron chi connectivity index (χ1n) is 4.77. The van der Waals surface area contributed by atoms with Crippen LogP contribution in [0, 0.1) is 11.3 Å². The zero-order chi connectivity index (χ0) is 11.9. The van der Waals surface area contributed by atoms with E-state index in [4.69, 9.17) is 11.6 Å². The van der Waals surface area contributed by atoms with Gasteiger partial charge in [0, 0.05) is 13.0 Å². The Morgan fingerprint density at radius 2 is 2.00 bits per heavy atom. The summed E-state index contributed by atoms with van der Waals surface area (Å²) in [6.45, 7) is 6.27. The molecule has 6 heteroatoms. The second kappa shape index (κ2) is 3.94. The van der Waals surface area contributed by atoms with E-state index in [9.17, 15) is 13.2 Å². The first-order chi connectivity index (χ1) is 6.68. The Hall–Kier alpha value is -0.290. The fraction of sp³-hybridized carbons (Fsp3) is 0.889. The fourth-order valence-electron chi connectivity index (χ4n) is 1.59. The zero-order valence-electron chi connectivity index (χ0n) is 9.16. The number of carbonyl (C=O) groups excluding carboxylic acids is 1. The van der Waals surface area contributed by atoms with Gasteiger partial charge in [-0.15, -0.1) is 11.6 Å². The number of alkyl halides is 1. The minimum atomic E-state index is -3.59. The highest BCUT2D eigenvalue weighted by Gasteiger charge is 2.41. The van der Waals surface area contributed by atoms with Crippen LogP contribution in [0.2, 0.25) is 0 Å². The van der Waals surface area contributed by atoms with E-state index in [0.29, 0.717) is 6.42 Å². The van der Waals surface area contributed by atoms with E-state index < -0.39 is 15.2 Å². The maximum atomic E-state index is 11.5. The summed E-state index contributed by atoms with van der Waals surface area (Å²) >= 11 is 5.32. The molecular formula is C9H16ClNO3S. The lowest BCUT2D eigenvalue weighted by atomic mass is 9.80. The van der Waals surface area contributed by atoms with Crippen molar-refractivity contribution in [3.05, 3.63) is 0 Å². The molecule has 1 aliphatic heterocycles. The Morgan fingerprint density at radius 3 is 2.33 bits per heavy atom. The molecular weight excluding hydrogens is 238 g/mol. The predicted molar refractivity (Wildman–Crippen MR) is 58.9 cm³/mol.